The van der Waals surface area contributed by atoms with E-state index in [0.717, 1.165) is 17.8 Å². The number of nitrogens with one attached hydrogen (secondary N) is 1. The summed E-state index contributed by atoms with van der Waals surface area (Å²) in [5.74, 6) is 0.623. The molecule has 0 bridgehead atoms. The largest absolute Gasteiger partial charge is 0.381 e. The fraction of sp³-hybridized carbons (Fsp3) is 0.350. The fourth-order valence-corrected chi connectivity index (χ4v) is 3.76. The predicted molar refractivity (Wildman–Crippen MR) is 96.6 cm³/mol. The van der Waals surface area contributed by atoms with Crippen LogP contribution in [0.1, 0.15) is 34.7 Å². The van der Waals surface area contributed by atoms with Gasteiger partial charge in [0.25, 0.3) is 0 Å². The average molecular weight is 305 g/mol. The number of likely N-dealkylation sites (N-methyl/N-ethyl adjacent to an activating group) is 1. The molecule has 1 fully saturated rings. The predicted octanol–water partition coefficient (Wildman–Crippen LogP) is 3.77. The monoisotopic (exact) mass is 305 g/mol. The summed E-state index contributed by atoms with van der Waals surface area (Å²) in [5.41, 5.74) is 6.28. The van der Waals surface area contributed by atoms with Crippen LogP contribution in [-0.2, 0) is 0 Å². The van der Waals surface area contributed by atoms with Crippen LogP contribution in [0.3, 0.4) is 0 Å². The Balaban J connectivity index is 1.63. The molecule has 0 saturated carbocycles. The summed E-state index contributed by atoms with van der Waals surface area (Å²) in [6, 6.07) is 11.4. The number of fused-ring (bicyclic) bond motifs is 3. The average Bonchev–Trinajstić information content (AvgIpc) is 2.93. The Labute approximate surface area is 138 Å². The summed E-state index contributed by atoms with van der Waals surface area (Å²) in [7, 11) is 2.22. The number of aryl methyl sites for hydroxylation is 1. The van der Waals surface area contributed by atoms with E-state index in [1.165, 1.54) is 29.8 Å². The molecule has 4 rings (SSSR count). The Kier molecular flexibility index (Phi) is 3.66. The molecular formula is C20H23N3. The fourth-order valence-electron chi connectivity index (χ4n) is 3.76. The number of nitrogens with zero attached hydrogens (tertiary/aromatic N) is 2. The molecule has 3 heteroatoms. The standard InChI is InChI=1S/C20H23N3/c1-14-6-7-15(12-21-14)8-9-16-4-3-5-17-18-13-23(2)11-10-19(18)22-20(16)17/h3-9,12,18-19,22H,10-11,13H2,1-2H3/t18-,19-/m1/s1. The summed E-state index contributed by atoms with van der Waals surface area (Å²) < 4.78 is 0. The third kappa shape index (κ3) is 2.77. The van der Waals surface area contributed by atoms with Gasteiger partial charge in [0.1, 0.15) is 0 Å². The zero-order valence-electron chi connectivity index (χ0n) is 13.8. The Bertz CT molecular complexity index is 733. The van der Waals surface area contributed by atoms with Gasteiger partial charge >= 0.3 is 0 Å². The van der Waals surface area contributed by atoms with Gasteiger partial charge in [-0.2, -0.15) is 0 Å². The molecule has 1 aromatic heterocycles. The first kappa shape index (κ1) is 14.5. The van der Waals surface area contributed by atoms with Gasteiger partial charge in [-0.1, -0.05) is 36.4 Å². The van der Waals surface area contributed by atoms with Gasteiger partial charge in [0.05, 0.1) is 0 Å². The van der Waals surface area contributed by atoms with Gasteiger partial charge in [-0.05, 0) is 49.7 Å². The lowest BCUT2D eigenvalue weighted by molar-refractivity contribution is 0.243. The summed E-state index contributed by atoms with van der Waals surface area (Å²) in [5, 5.41) is 3.78. The third-order valence-corrected chi connectivity index (χ3v) is 5.06. The van der Waals surface area contributed by atoms with Gasteiger partial charge in [0, 0.05) is 36.1 Å². The van der Waals surface area contributed by atoms with Crippen molar-refractivity contribution < 1.29 is 0 Å². The Morgan fingerprint density at radius 1 is 1.22 bits per heavy atom. The Morgan fingerprint density at radius 2 is 2.13 bits per heavy atom. The smallest absolute Gasteiger partial charge is 0.0452 e. The van der Waals surface area contributed by atoms with Crippen molar-refractivity contribution in [2.24, 2.45) is 0 Å². The van der Waals surface area contributed by atoms with Crippen LogP contribution in [-0.4, -0.2) is 36.1 Å². The van der Waals surface area contributed by atoms with Crippen molar-refractivity contribution in [3.05, 3.63) is 58.9 Å². The van der Waals surface area contributed by atoms with E-state index < -0.39 is 0 Å². The minimum atomic E-state index is 0.594. The van der Waals surface area contributed by atoms with Crippen molar-refractivity contribution in [2.75, 3.05) is 25.5 Å². The highest BCUT2D eigenvalue weighted by atomic mass is 15.1. The minimum Gasteiger partial charge on any atom is -0.381 e. The van der Waals surface area contributed by atoms with Crippen molar-refractivity contribution >= 4 is 17.8 Å². The molecule has 2 aromatic rings. The number of benzene rings is 1. The quantitative estimate of drug-likeness (QED) is 0.915. The van der Waals surface area contributed by atoms with Crippen molar-refractivity contribution in [3.8, 4) is 0 Å². The van der Waals surface area contributed by atoms with Crippen LogP contribution in [0.5, 0.6) is 0 Å². The highest BCUT2D eigenvalue weighted by Crippen LogP contribution is 2.42. The van der Waals surface area contributed by atoms with Crippen LogP contribution in [0.4, 0.5) is 5.69 Å². The summed E-state index contributed by atoms with van der Waals surface area (Å²) in [4.78, 5) is 6.80. The second-order valence-electron chi connectivity index (χ2n) is 6.79. The zero-order chi connectivity index (χ0) is 15.8. The number of pyridine rings is 1. The van der Waals surface area contributed by atoms with Gasteiger partial charge < -0.3 is 10.2 Å². The summed E-state index contributed by atoms with van der Waals surface area (Å²) >= 11 is 0. The molecule has 1 N–H and O–H groups in total. The third-order valence-electron chi connectivity index (χ3n) is 5.06. The molecule has 0 unspecified atom stereocenters. The van der Waals surface area contributed by atoms with Gasteiger partial charge in [-0.3, -0.25) is 4.98 Å². The van der Waals surface area contributed by atoms with Crippen LogP contribution >= 0.6 is 0 Å². The minimum absolute atomic E-state index is 0.594. The zero-order valence-corrected chi connectivity index (χ0v) is 13.8. The molecule has 2 atom stereocenters. The molecule has 0 aliphatic carbocycles. The normalized spacial score (nSPS) is 23.6. The lowest BCUT2D eigenvalue weighted by atomic mass is 9.89. The van der Waals surface area contributed by atoms with Gasteiger partial charge in [-0.15, -0.1) is 0 Å². The van der Waals surface area contributed by atoms with Gasteiger partial charge in [0.2, 0.25) is 0 Å². The molecule has 3 heterocycles. The molecule has 0 spiro atoms. The maximum Gasteiger partial charge on any atom is 0.0452 e. The molecule has 23 heavy (non-hydrogen) atoms. The molecule has 118 valence electrons. The maximum atomic E-state index is 4.36. The van der Waals surface area contributed by atoms with E-state index in [2.05, 4.69) is 64.7 Å². The number of aromatic nitrogens is 1. The Hall–Kier alpha value is -2.13. The van der Waals surface area contributed by atoms with E-state index >= 15 is 0 Å². The SMILES string of the molecule is Cc1ccc(C=Cc2cccc3c2N[C@@H]2CCN(C)C[C@H]32)cn1. The number of anilines is 1. The van der Waals surface area contributed by atoms with E-state index in [1.54, 1.807) is 0 Å². The van der Waals surface area contributed by atoms with Gasteiger partial charge in [-0.25, -0.2) is 0 Å². The first-order chi connectivity index (χ1) is 11.2. The molecule has 3 nitrogen and oxygen atoms in total. The van der Waals surface area contributed by atoms with Crippen LogP contribution in [0.25, 0.3) is 12.2 Å². The molecule has 0 radical (unpaired) electrons. The number of piperidine rings is 1. The van der Waals surface area contributed by atoms with Crippen LogP contribution in [0.2, 0.25) is 0 Å². The second-order valence-corrected chi connectivity index (χ2v) is 6.79. The lowest BCUT2D eigenvalue weighted by Gasteiger charge is -2.32. The Morgan fingerprint density at radius 3 is 2.96 bits per heavy atom. The van der Waals surface area contributed by atoms with Crippen molar-refractivity contribution in [3.63, 3.8) is 0 Å². The van der Waals surface area contributed by atoms with E-state index in [-0.39, 0.29) is 0 Å². The first-order valence-corrected chi connectivity index (χ1v) is 8.39. The van der Waals surface area contributed by atoms with E-state index in [0.29, 0.717) is 12.0 Å². The molecule has 1 aromatic carbocycles. The summed E-state index contributed by atoms with van der Waals surface area (Å²) in [6.45, 7) is 4.35. The maximum absolute atomic E-state index is 4.36. The van der Waals surface area contributed by atoms with Crippen LogP contribution < -0.4 is 5.32 Å². The molecule has 1 saturated heterocycles. The van der Waals surface area contributed by atoms with E-state index in [1.807, 2.05) is 13.1 Å². The number of hydrogen-bond donors (Lipinski definition) is 1. The molecule has 2 aliphatic rings. The molecule has 2 aliphatic heterocycles. The number of rotatable bonds is 2. The first-order valence-electron chi connectivity index (χ1n) is 8.39. The highest BCUT2D eigenvalue weighted by Gasteiger charge is 2.36. The number of likely N-dealkylation sites (tertiary alicyclic amines) is 1. The van der Waals surface area contributed by atoms with Crippen LogP contribution in [0.15, 0.2) is 36.5 Å². The molecular weight excluding hydrogens is 282 g/mol. The van der Waals surface area contributed by atoms with Crippen molar-refractivity contribution in [1.82, 2.24) is 9.88 Å². The van der Waals surface area contributed by atoms with Crippen molar-refractivity contribution in [1.29, 1.82) is 0 Å². The topological polar surface area (TPSA) is 28.2 Å². The van der Waals surface area contributed by atoms with E-state index in [4.69, 9.17) is 0 Å². The lowest BCUT2D eigenvalue weighted by Crippen LogP contribution is -2.39. The van der Waals surface area contributed by atoms with Crippen LogP contribution in [0, 0.1) is 6.92 Å². The number of para-hydroxylation sites is 1. The second kappa shape index (κ2) is 5.82. The molecule has 0 amide bonds. The highest BCUT2D eigenvalue weighted by molar-refractivity contribution is 5.80. The number of hydrogen-bond acceptors (Lipinski definition) is 3. The van der Waals surface area contributed by atoms with Gasteiger partial charge in [0.15, 0.2) is 0 Å². The van der Waals surface area contributed by atoms with E-state index in [9.17, 15) is 0 Å². The summed E-state index contributed by atoms with van der Waals surface area (Å²) in [6.07, 6.45) is 7.51. The van der Waals surface area contributed by atoms with Crippen molar-refractivity contribution in [2.45, 2.75) is 25.3 Å².